The zero-order valence-electron chi connectivity index (χ0n) is 4.07. The van der Waals surface area contributed by atoms with Gasteiger partial charge in [0.2, 0.25) is 0 Å². The molecule has 1 N–H and O–H groups in total. The minimum absolute atomic E-state index is 0. The van der Waals surface area contributed by atoms with Crippen molar-refractivity contribution in [1.29, 1.82) is 0 Å². The molecule has 0 aliphatic heterocycles. The predicted molar refractivity (Wildman–Crippen MR) is 35.7 cm³/mol. The van der Waals surface area contributed by atoms with Gasteiger partial charge < -0.3 is 24.0 Å². The normalized spacial score (nSPS) is 7.62. The molecule has 0 saturated carbocycles. The number of rotatable bonds is 0. The van der Waals surface area contributed by atoms with E-state index >= 15 is 0 Å². The van der Waals surface area contributed by atoms with Gasteiger partial charge in [0.15, 0.2) is 12.4 Å². The Morgan fingerprint density at radius 1 is 1.25 bits per heavy atom. The first-order valence-electron chi connectivity index (χ1n) is 2.01. The van der Waals surface area contributed by atoms with Crippen molar-refractivity contribution in [3.05, 3.63) is 28.1 Å². The maximum Gasteiger partial charge on any atom is 0.168 e. The van der Waals surface area contributed by atoms with Crippen LogP contribution in [0.25, 0.3) is 0 Å². The zero-order chi connectivity index (χ0) is 5.11. The molecule has 0 amide bonds. The topological polar surface area (TPSA) is 14.1 Å². The van der Waals surface area contributed by atoms with Gasteiger partial charge >= 0.3 is 0 Å². The van der Waals surface area contributed by atoms with E-state index in [0.29, 0.717) is 0 Å². The summed E-state index contributed by atoms with van der Waals surface area (Å²) >= 11 is 2.26. The third kappa shape index (κ3) is 2.81. The fraction of sp³-hybridized carbons (Fsp3) is 0. The van der Waals surface area contributed by atoms with E-state index in [1.807, 2.05) is 24.5 Å². The van der Waals surface area contributed by atoms with Crippen molar-refractivity contribution < 1.29 is 29.0 Å². The van der Waals surface area contributed by atoms with Gasteiger partial charge in [-0.05, 0) is 22.6 Å². The van der Waals surface area contributed by atoms with Gasteiger partial charge in [-0.2, -0.15) is 0 Å². The lowest BCUT2D eigenvalue weighted by atomic mass is 10.5. The number of H-pyrrole nitrogens is 1. The van der Waals surface area contributed by atoms with E-state index in [1.54, 1.807) is 0 Å². The number of nitrogens with one attached hydrogen (secondary N) is 1. The van der Waals surface area contributed by atoms with E-state index in [9.17, 15) is 0 Å². The van der Waals surface area contributed by atoms with Gasteiger partial charge in [-0.3, -0.25) is 0 Å². The SMILES string of the molecule is Ic1cc[nH+]cc1.[I-]. The second-order valence-electron chi connectivity index (χ2n) is 1.22. The molecule has 1 rings (SSSR count). The van der Waals surface area contributed by atoms with Crippen LogP contribution in [0.3, 0.4) is 0 Å². The Hall–Kier alpha value is 0.610. The van der Waals surface area contributed by atoms with Crippen LogP contribution in [0, 0.1) is 3.57 Å². The van der Waals surface area contributed by atoms with Crippen LogP contribution in [-0.4, -0.2) is 0 Å². The van der Waals surface area contributed by atoms with Crippen LogP contribution in [0.5, 0.6) is 0 Å². The highest BCUT2D eigenvalue weighted by molar-refractivity contribution is 14.1. The fourth-order valence-electron chi connectivity index (χ4n) is 0.367. The van der Waals surface area contributed by atoms with E-state index in [0.717, 1.165) is 0 Å². The molecule has 0 unspecified atom stereocenters. The first kappa shape index (κ1) is 8.61. The number of aromatic amines is 1. The number of aromatic nitrogens is 1. The fourth-order valence-corrected chi connectivity index (χ4v) is 0.726. The Bertz CT molecular complexity index is 140. The molecule has 0 aromatic carbocycles. The highest BCUT2D eigenvalue weighted by atomic mass is 127. The lowest BCUT2D eigenvalue weighted by Crippen LogP contribution is -3.00. The molecule has 1 aromatic rings. The van der Waals surface area contributed by atoms with Crippen LogP contribution in [0.1, 0.15) is 0 Å². The van der Waals surface area contributed by atoms with Gasteiger partial charge in [-0.25, -0.2) is 4.98 Å². The standard InChI is InChI=1S/C5H4IN.HI/c6-5-1-3-7-4-2-5;/h1-4H;1H. The zero-order valence-corrected chi connectivity index (χ0v) is 8.38. The van der Waals surface area contributed by atoms with E-state index in [-0.39, 0.29) is 24.0 Å². The Labute approximate surface area is 79.1 Å². The molecule has 1 aromatic heterocycles. The van der Waals surface area contributed by atoms with Crippen LogP contribution in [0.4, 0.5) is 0 Å². The Balaban J connectivity index is 0.000000490. The monoisotopic (exact) mass is 333 g/mol. The summed E-state index contributed by atoms with van der Waals surface area (Å²) in [6.07, 6.45) is 3.81. The van der Waals surface area contributed by atoms with E-state index in [1.165, 1.54) is 3.57 Å². The van der Waals surface area contributed by atoms with Crippen molar-refractivity contribution >= 4 is 22.6 Å². The summed E-state index contributed by atoms with van der Waals surface area (Å²) < 4.78 is 1.26. The van der Waals surface area contributed by atoms with Crippen molar-refractivity contribution in [1.82, 2.24) is 0 Å². The number of hydrogen-bond acceptors (Lipinski definition) is 0. The summed E-state index contributed by atoms with van der Waals surface area (Å²) in [5.74, 6) is 0. The molecule has 8 heavy (non-hydrogen) atoms. The molecule has 0 radical (unpaired) electrons. The summed E-state index contributed by atoms with van der Waals surface area (Å²) in [7, 11) is 0. The summed E-state index contributed by atoms with van der Waals surface area (Å²) in [5, 5.41) is 0. The Morgan fingerprint density at radius 3 is 2.00 bits per heavy atom. The van der Waals surface area contributed by atoms with Crippen LogP contribution < -0.4 is 29.0 Å². The molecule has 0 atom stereocenters. The smallest absolute Gasteiger partial charge is 0.168 e. The molecule has 0 saturated heterocycles. The molecule has 0 spiro atoms. The lowest BCUT2D eigenvalue weighted by molar-refractivity contribution is -0.378. The quantitative estimate of drug-likeness (QED) is 0.493. The van der Waals surface area contributed by atoms with Gasteiger partial charge in [-0.1, -0.05) is 0 Å². The molecular weight excluding hydrogens is 328 g/mol. The number of hydrogen-bond donors (Lipinski definition) is 0. The maximum absolute atomic E-state index is 2.93. The molecule has 1 nitrogen and oxygen atoms in total. The molecule has 1 heterocycles. The average molecular weight is 333 g/mol. The van der Waals surface area contributed by atoms with Crippen molar-refractivity contribution in [2.24, 2.45) is 0 Å². The van der Waals surface area contributed by atoms with Crippen molar-refractivity contribution in [2.45, 2.75) is 0 Å². The molecule has 0 aliphatic carbocycles. The van der Waals surface area contributed by atoms with E-state index < -0.39 is 0 Å². The second-order valence-corrected chi connectivity index (χ2v) is 2.46. The highest BCUT2D eigenvalue weighted by Gasteiger charge is 1.80. The molecule has 44 valence electrons. The molecule has 3 heteroatoms. The number of pyridine rings is 1. The van der Waals surface area contributed by atoms with Gasteiger partial charge in [0.25, 0.3) is 0 Å². The average Bonchev–Trinajstić information content (AvgIpc) is 1.69. The molecule has 0 bridgehead atoms. The molecular formula is C5H5I2N. The van der Waals surface area contributed by atoms with Crippen molar-refractivity contribution in [3.63, 3.8) is 0 Å². The van der Waals surface area contributed by atoms with Gasteiger partial charge in [0.05, 0.1) is 0 Å². The predicted octanol–water partition coefficient (Wildman–Crippen LogP) is -1.89. The lowest BCUT2D eigenvalue weighted by Gasteiger charge is -1.75. The summed E-state index contributed by atoms with van der Waals surface area (Å²) in [4.78, 5) is 2.93. The van der Waals surface area contributed by atoms with Crippen LogP contribution in [0.2, 0.25) is 0 Å². The Morgan fingerprint density at radius 2 is 1.75 bits per heavy atom. The van der Waals surface area contributed by atoms with Gasteiger partial charge in [0.1, 0.15) is 0 Å². The van der Waals surface area contributed by atoms with Gasteiger partial charge in [-0.15, -0.1) is 0 Å². The summed E-state index contributed by atoms with van der Waals surface area (Å²) in [6.45, 7) is 0. The first-order valence-corrected chi connectivity index (χ1v) is 3.09. The van der Waals surface area contributed by atoms with Crippen molar-refractivity contribution in [3.8, 4) is 0 Å². The largest absolute Gasteiger partial charge is 1.00 e. The van der Waals surface area contributed by atoms with Crippen LogP contribution >= 0.6 is 22.6 Å². The van der Waals surface area contributed by atoms with Crippen LogP contribution in [-0.2, 0) is 0 Å². The summed E-state index contributed by atoms with van der Waals surface area (Å²) in [5.41, 5.74) is 0. The highest BCUT2D eigenvalue weighted by Crippen LogP contribution is 1.96. The third-order valence-electron chi connectivity index (χ3n) is 0.678. The van der Waals surface area contributed by atoms with Gasteiger partial charge in [0, 0.05) is 15.7 Å². The van der Waals surface area contributed by atoms with E-state index in [4.69, 9.17) is 0 Å². The van der Waals surface area contributed by atoms with E-state index in [2.05, 4.69) is 27.6 Å². The molecule has 0 fully saturated rings. The second kappa shape index (κ2) is 4.49. The Kier molecular flexibility index (Phi) is 4.83. The summed E-state index contributed by atoms with van der Waals surface area (Å²) in [6, 6.07) is 4.03. The minimum Gasteiger partial charge on any atom is -1.00 e. The third-order valence-corrected chi connectivity index (χ3v) is 1.40. The maximum atomic E-state index is 2.93. The van der Waals surface area contributed by atoms with Crippen molar-refractivity contribution in [2.75, 3.05) is 0 Å². The van der Waals surface area contributed by atoms with Crippen LogP contribution in [0.15, 0.2) is 24.5 Å². The minimum atomic E-state index is 0. The number of halogens is 2. The molecule has 0 aliphatic rings. The first-order chi connectivity index (χ1) is 3.39.